The lowest BCUT2D eigenvalue weighted by atomic mass is 9.96. The first-order valence-electron chi connectivity index (χ1n) is 6.91. The third-order valence-electron chi connectivity index (χ3n) is 3.12. The van der Waals surface area contributed by atoms with Crippen LogP contribution in [0.2, 0.25) is 5.02 Å². The van der Waals surface area contributed by atoms with Gasteiger partial charge in [0.2, 0.25) is 5.91 Å². The molecule has 1 unspecified atom stereocenters. The Hall–Kier alpha value is -1.59. The fourth-order valence-electron chi connectivity index (χ4n) is 2.04. The van der Waals surface area contributed by atoms with Crippen molar-refractivity contribution in [3.63, 3.8) is 0 Å². The van der Waals surface area contributed by atoms with Crippen molar-refractivity contribution in [2.75, 3.05) is 18.9 Å². The van der Waals surface area contributed by atoms with E-state index >= 15 is 0 Å². The van der Waals surface area contributed by atoms with Crippen LogP contribution in [0.15, 0.2) is 18.2 Å². The molecule has 0 aliphatic carbocycles. The number of carbonyl (C=O) groups is 2. The molecule has 2 amide bonds. The predicted molar refractivity (Wildman–Crippen MR) is 85.5 cm³/mol. The number of hydrogen-bond donors (Lipinski definition) is 3. The SMILES string of the molecule is CNC(=O)c1cc(NC(=O)C(CN)CC(C)C)ccc1Cl. The molecule has 21 heavy (non-hydrogen) atoms. The van der Waals surface area contributed by atoms with Crippen molar-refractivity contribution in [3.05, 3.63) is 28.8 Å². The second-order valence-corrected chi connectivity index (χ2v) is 5.73. The average Bonchev–Trinajstić information content (AvgIpc) is 2.45. The van der Waals surface area contributed by atoms with Crippen molar-refractivity contribution in [2.45, 2.75) is 20.3 Å². The van der Waals surface area contributed by atoms with E-state index in [0.29, 0.717) is 28.7 Å². The van der Waals surface area contributed by atoms with E-state index in [-0.39, 0.29) is 17.7 Å². The Balaban J connectivity index is 2.87. The van der Waals surface area contributed by atoms with Gasteiger partial charge in [0.05, 0.1) is 16.5 Å². The van der Waals surface area contributed by atoms with E-state index in [9.17, 15) is 9.59 Å². The third-order valence-corrected chi connectivity index (χ3v) is 3.45. The van der Waals surface area contributed by atoms with Crippen molar-refractivity contribution in [3.8, 4) is 0 Å². The molecule has 1 rings (SSSR count). The van der Waals surface area contributed by atoms with E-state index < -0.39 is 0 Å². The summed E-state index contributed by atoms with van der Waals surface area (Å²) < 4.78 is 0. The van der Waals surface area contributed by atoms with Gasteiger partial charge in [0.25, 0.3) is 5.91 Å². The van der Waals surface area contributed by atoms with Crippen LogP contribution in [0.4, 0.5) is 5.69 Å². The highest BCUT2D eigenvalue weighted by Crippen LogP contribution is 2.21. The van der Waals surface area contributed by atoms with Gasteiger partial charge in [0.1, 0.15) is 0 Å². The van der Waals surface area contributed by atoms with E-state index in [1.165, 1.54) is 7.05 Å². The number of rotatable bonds is 6. The van der Waals surface area contributed by atoms with Crippen molar-refractivity contribution in [2.24, 2.45) is 17.6 Å². The molecular weight excluding hydrogens is 290 g/mol. The zero-order valence-electron chi connectivity index (χ0n) is 12.6. The van der Waals surface area contributed by atoms with Gasteiger partial charge in [-0.05, 0) is 30.5 Å². The summed E-state index contributed by atoms with van der Waals surface area (Å²) in [7, 11) is 1.52. The van der Waals surface area contributed by atoms with E-state index in [1.807, 2.05) is 13.8 Å². The summed E-state index contributed by atoms with van der Waals surface area (Å²) >= 11 is 5.97. The van der Waals surface area contributed by atoms with Gasteiger partial charge in [-0.2, -0.15) is 0 Å². The summed E-state index contributed by atoms with van der Waals surface area (Å²) in [6.07, 6.45) is 0.720. The molecule has 0 bridgehead atoms. The van der Waals surface area contributed by atoms with Crippen LogP contribution in [-0.2, 0) is 4.79 Å². The molecule has 1 aromatic rings. The quantitative estimate of drug-likeness (QED) is 0.753. The topological polar surface area (TPSA) is 84.2 Å². The lowest BCUT2D eigenvalue weighted by Gasteiger charge is -2.17. The van der Waals surface area contributed by atoms with E-state index in [1.54, 1.807) is 18.2 Å². The minimum atomic E-state index is -0.298. The molecule has 0 fully saturated rings. The molecule has 4 N–H and O–H groups in total. The van der Waals surface area contributed by atoms with Gasteiger partial charge in [-0.15, -0.1) is 0 Å². The highest BCUT2D eigenvalue weighted by Gasteiger charge is 2.19. The number of hydrogen-bond acceptors (Lipinski definition) is 3. The molecule has 0 aliphatic rings. The standard InChI is InChI=1S/C15H22ClN3O2/c1-9(2)6-10(8-17)14(20)19-11-4-5-13(16)12(7-11)15(21)18-3/h4-5,7,9-10H,6,8,17H2,1-3H3,(H,18,21)(H,19,20). The normalized spacial score (nSPS) is 12.1. The molecule has 0 spiro atoms. The van der Waals surface area contributed by atoms with E-state index in [2.05, 4.69) is 10.6 Å². The van der Waals surface area contributed by atoms with Gasteiger partial charge >= 0.3 is 0 Å². The molecule has 0 saturated heterocycles. The van der Waals surface area contributed by atoms with Crippen molar-refractivity contribution in [1.29, 1.82) is 0 Å². The van der Waals surface area contributed by atoms with Gasteiger partial charge in [0.15, 0.2) is 0 Å². The highest BCUT2D eigenvalue weighted by molar-refractivity contribution is 6.34. The first-order chi connectivity index (χ1) is 9.88. The molecule has 6 heteroatoms. The summed E-state index contributed by atoms with van der Waals surface area (Å²) in [5.41, 5.74) is 6.51. The second-order valence-electron chi connectivity index (χ2n) is 5.33. The number of anilines is 1. The Morgan fingerprint density at radius 2 is 2.00 bits per heavy atom. The second kappa shape index (κ2) is 8.00. The molecule has 1 aromatic carbocycles. The van der Waals surface area contributed by atoms with Crippen LogP contribution >= 0.6 is 11.6 Å². The largest absolute Gasteiger partial charge is 0.355 e. The van der Waals surface area contributed by atoms with Crippen molar-refractivity contribution < 1.29 is 9.59 Å². The average molecular weight is 312 g/mol. The van der Waals surface area contributed by atoms with Crippen LogP contribution in [0.25, 0.3) is 0 Å². The lowest BCUT2D eigenvalue weighted by molar-refractivity contribution is -0.120. The molecule has 0 aromatic heterocycles. The van der Waals surface area contributed by atoms with Crippen LogP contribution in [0, 0.1) is 11.8 Å². The number of carbonyl (C=O) groups excluding carboxylic acids is 2. The molecule has 0 radical (unpaired) electrons. The highest BCUT2D eigenvalue weighted by atomic mass is 35.5. The number of amides is 2. The van der Waals surface area contributed by atoms with Gasteiger partial charge in [0, 0.05) is 19.3 Å². The van der Waals surface area contributed by atoms with Gasteiger partial charge in [-0.1, -0.05) is 25.4 Å². The Labute approximate surface area is 130 Å². The predicted octanol–water partition coefficient (Wildman–Crippen LogP) is 2.26. The van der Waals surface area contributed by atoms with Crippen molar-refractivity contribution in [1.82, 2.24) is 5.32 Å². The summed E-state index contributed by atoms with van der Waals surface area (Å²) in [6.45, 7) is 4.38. The minimum absolute atomic E-state index is 0.142. The zero-order chi connectivity index (χ0) is 16.0. The van der Waals surface area contributed by atoms with Crippen LogP contribution in [0.5, 0.6) is 0 Å². The first kappa shape index (κ1) is 17.5. The number of nitrogens with two attached hydrogens (primary N) is 1. The minimum Gasteiger partial charge on any atom is -0.355 e. The molecule has 116 valence electrons. The third kappa shape index (κ3) is 5.02. The molecule has 0 saturated carbocycles. The van der Waals surface area contributed by atoms with Crippen LogP contribution in [0.1, 0.15) is 30.6 Å². The fourth-order valence-corrected chi connectivity index (χ4v) is 2.24. The van der Waals surface area contributed by atoms with Gasteiger partial charge in [-0.25, -0.2) is 0 Å². The smallest absolute Gasteiger partial charge is 0.252 e. The molecule has 0 aliphatic heterocycles. The van der Waals surface area contributed by atoms with E-state index in [4.69, 9.17) is 17.3 Å². The summed E-state index contributed by atoms with van der Waals surface area (Å²) in [5.74, 6) is -0.301. The summed E-state index contributed by atoms with van der Waals surface area (Å²) in [4.78, 5) is 23.9. The molecule has 0 heterocycles. The van der Waals surface area contributed by atoms with Gasteiger partial charge in [-0.3, -0.25) is 9.59 Å². The maximum Gasteiger partial charge on any atom is 0.252 e. The van der Waals surface area contributed by atoms with Crippen LogP contribution in [-0.4, -0.2) is 25.4 Å². The van der Waals surface area contributed by atoms with Gasteiger partial charge < -0.3 is 16.4 Å². The Morgan fingerprint density at radius 3 is 2.52 bits per heavy atom. The number of halogens is 1. The molecule has 5 nitrogen and oxygen atoms in total. The van der Waals surface area contributed by atoms with Crippen LogP contribution < -0.4 is 16.4 Å². The van der Waals surface area contributed by atoms with Crippen molar-refractivity contribution >= 4 is 29.1 Å². The molecular formula is C15H22ClN3O2. The zero-order valence-corrected chi connectivity index (χ0v) is 13.3. The number of nitrogens with one attached hydrogen (secondary N) is 2. The maximum atomic E-state index is 12.2. The van der Waals surface area contributed by atoms with Crippen LogP contribution in [0.3, 0.4) is 0 Å². The Bertz CT molecular complexity index is 518. The van der Waals surface area contributed by atoms with E-state index in [0.717, 1.165) is 6.42 Å². The molecule has 1 atom stereocenters. The summed E-state index contributed by atoms with van der Waals surface area (Å²) in [5, 5.41) is 5.63. The Kier molecular flexibility index (Phi) is 6.65. The monoisotopic (exact) mass is 311 g/mol. The summed E-state index contributed by atoms with van der Waals surface area (Å²) in [6, 6.07) is 4.80. The fraction of sp³-hybridized carbons (Fsp3) is 0.467. The lowest BCUT2D eigenvalue weighted by Crippen LogP contribution is -2.30. The number of benzene rings is 1. The Morgan fingerprint density at radius 1 is 1.33 bits per heavy atom. The first-order valence-corrected chi connectivity index (χ1v) is 7.29. The maximum absolute atomic E-state index is 12.2.